The van der Waals surface area contributed by atoms with Gasteiger partial charge in [0, 0.05) is 13.1 Å². The van der Waals surface area contributed by atoms with Gasteiger partial charge in [-0.15, -0.1) is 12.4 Å². The van der Waals surface area contributed by atoms with E-state index in [2.05, 4.69) is 4.72 Å². The molecule has 0 heterocycles. The average Bonchev–Trinajstić information content (AvgIpc) is 2.26. The minimum absolute atomic E-state index is 0. The van der Waals surface area contributed by atoms with E-state index in [1.807, 2.05) is 6.07 Å². The third-order valence-electron chi connectivity index (χ3n) is 1.73. The van der Waals surface area contributed by atoms with Crippen molar-refractivity contribution >= 4 is 22.4 Å². The summed E-state index contributed by atoms with van der Waals surface area (Å²) in [5.41, 5.74) is 5.61. The van der Waals surface area contributed by atoms with Crippen LogP contribution in [0.3, 0.4) is 0 Å². The lowest BCUT2D eigenvalue weighted by atomic mass is 10.2. The van der Waals surface area contributed by atoms with Gasteiger partial charge in [0.15, 0.2) is 0 Å². The van der Waals surface area contributed by atoms with Crippen molar-refractivity contribution in [3.63, 3.8) is 0 Å². The highest BCUT2D eigenvalue weighted by atomic mass is 35.5. The SMILES string of the molecule is Cl.N#Cc1ccc(S(=O)(=O)NCCN)cc1. The van der Waals surface area contributed by atoms with Crippen LogP contribution < -0.4 is 10.5 Å². The molecule has 7 heteroatoms. The Hall–Kier alpha value is -1.13. The molecule has 0 radical (unpaired) electrons. The van der Waals surface area contributed by atoms with Crippen molar-refractivity contribution in [3.8, 4) is 6.07 Å². The first-order valence-corrected chi connectivity index (χ1v) is 5.78. The summed E-state index contributed by atoms with van der Waals surface area (Å²) in [6.45, 7) is 0.442. The van der Waals surface area contributed by atoms with E-state index in [-0.39, 0.29) is 30.4 Å². The second-order valence-electron chi connectivity index (χ2n) is 2.82. The van der Waals surface area contributed by atoms with Gasteiger partial charge >= 0.3 is 0 Å². The van der Waals surface area contributed by atoms with Gasteiger partial charge in [0.2, 0.25) is 10.0 Å². The van der Waals surface area contributed by atoms with Crippen LogP contribution in [0.2, 0.25) is 0 Å². The molecule has 0 spiro atoms. The van der Waals surface area contributed by atoms with E-state index in [9.17, 15) is 8.42 Å². The molecule has 0 saturated carbocycles. The number of halogens is 1. The summed E-state index contributed by atoms with van der Waals surface area (Å²) in [7, 11) is -3.49. The maximum atomic E-state index is 11.5. The normalized spacial score (nSPS) is 10.2. The Morgan fingerprint density at radius 1 is 1.31 bits per heavy atom. The molecule has 5 nitrogen and oxygen atoms in total. The van der Waals surface area contributed by atoms with E-state index in [1.165, 1.54) is 24.3 Å². The fourth-order valence-corrected chi connectivity index (χ4v) is 2.03. The standard InChI is InChI=1S/C9H11N3O2S.ClH/c10-5-6-12-15(13,14)9-3-1-8(7-11)2-4-9;/h1-4,12H,5-6,10H2;1H. The summed E-state index contributed by atoms with van der Waals surface area (Å²) in [5.74, 6) is 0. The average molecular weight is 262 g/mol. The molecule has 0 aliphatic heterocycles. The third kappa shape index (κ3) is 3.79. The van der Waals surface area contributed by atoms with E-state index in [0.29, 0.717) is 5.56 Å². The lowest BCUT2D eigenvalue weighted by Gasteiger charge is -2.04. The molecule has 1 aromatic rings. The molecule has 3 N–H and O–H groups in total. The van der Waals surface area contributed by atoms with E-state index >= 15 is 0 Å². The molecular formula is C9H12ClN3O2S. The smallest absolute Gasteiger partial charge is 0.240 e. The first-order chi connectivity index (χ1) is 7.10. The number of rotatable bonds is 4. The molecule has 16 heavy (non-hydrogen) atoms. The zero-order valence-electron chi connectivity index (χ0n) is 8.38. The van der Waals surface area contributed by atoms with Gasteiger partial charge in [0.25, 0.3) is 0 Å². The molecule has 88 valence electrons. The lowest BCUT2D eigenvalue weighted by Crippen LogP contribution is -2.29. The van der Waals surface area contributed by atoms with Crippen LogP contribution in [0.4, 0.5) is 0 Å². The highest BCUT2D eigenvalue weighted by Crippen LogP contribution is 2.09. The summed E-state index contributed by atoms with van der Waals surface area (Å²) in [6.07, 6.45) is 0. The van der Waals surface area contributed by atoms with Crippen molar-refractivity contribution < 1.29 is 8.42 Å². The minimum Gasteiger partial charge on any atom is -0.329 e. The highest BCUT2D eigenvalue weighted by Gasteiger charge is 2.12. The van der Waals surface area contributed by atoms with Gasteiger partial charge in [-0.1, -0.05) is 0 Å². The van der Waals surface area contributed by atoms with Gasteiger partial charge in [0.1, 0.15) is 0 Å². The molecule has 0 saturated heterocycles. The van der Waals surface area contributed by atoms with Crippen LogP contribution in [0.5, 0.6) is 0 Å². The number of hydrogen-bond donors (Lipinski definition) is 2. The molecule has 0 fully saturated rings. The lowest BCUT2D eigenvalue weighted by molar-refractivity contribution is 0.582. The van der Waals surface area contributed by atoms with E-state index < -0.39 is 10.0 Å². The Kier molecular flexibility index (Phi) is 6.00. The zero-order valence-corrected chi connectivity index (χ0v) is 10.0. The van der Waals surface area contributed by atoms with Crippen LogP contribution in [-0.2, 0) is 10.0 Å². The fourth-order valence-electron chi connectivity index (χ4n) is 0.985. The number of nitrogens with one attached hydrogen (secondary N) is 1. The predicted octanol–water partition coefficient (Wildman–Crippen LogP) is 0.217. The maximum absolute atomic E-state index is 11.5. The van der Waals surface area contributed by atoms with E-state index in [4.69, 9.17) is 11.0 Å². The number of benzene rings is 1. The summed E-state index contributed by atoms with van der Waals surface area (Å²) in [4.78, 5) is 0.134. The van der Waals surface area contributed by atoms with Crippen molar-refractivity contribution in [1.29, 1.82) is 5.26 Å². The molecule has 0 bridgehead atoms. The Bertz CT molecular complexity index is 465. The van der Waals surface area contributed by atoms with E-state index in [0.717, 1.165) is 0 Å². The second kappa shape index (κ2) is 6.45. The van der Waals surface area contributed by atoms with Crippen LogP contribution in [0.15, 0.2) is 29.2 Å². The molecule has 0 unspecified atom stereocenters. The molecule has 1 rings (SSSR count). The van der Waals surface area contributed by atoms with Crippen LogP contribution in [0.1, 0.15) is 5.56 Å². The number of sulfonamides is 1. The van der Waals surface area contributed by atoms with E-state index in [1.54, 1.807) is 0 Å². The first-order valence-electron chi connectivity index (χ1n) is 4.30. The Balaban J connectivity index is 0.00000225. The monoisotopic (exact) mass is 261 g/mol. The van der Waals surface area contributed by atoms with Gasteiger partial charge in [-0.25, -0.2) is 13.1 Å². The zero-order chi connectivity index (χ0) is 11.3. The van der Waals surface area contributed by atoms with Crippen molar-refractivity contribution in [2.24, 2.45) is 5.73 Å². The molecular weight excluding hydrogens is 250 g/mol. The largest absolute Gasteiger partial charge is 0.329 e. The molecule has 0 aliphatic rings. The van der Waals surface area contributed by atoms with Crippen molar-refractivity contribution in [3.05, 3.63) is 29.8 Å². The molecule has 0 amide bonds. The number of hydrogen-bond acceptors (Lipinski definition) is 4. The quantitative estimate of drug-likeness (QED) is 0.810. The minimum atomic E-state index is -3.49. The van der Waals surface area contributed by atoms with Gasteiger partial charge in [0.05, 0.1) is 16.5 Å². The summed E-state index contributed by atoms with van der Waals surface area (Å²) >= 11 is 0. The van der Waals surface area contributed by atoms with Crippen molar-refractivity contribution in [1.82, 2.24) is 4.72 Å². The topological polar surface area (TPSA) is 96.0 Å². The molecule has 1 aromatic carbocycles. The maximum Gasteiger partial charge on any atom is 0.240 e. The number of nitrogens with zero attached hydrogens (tertiary/aromatic N) is 1. The van der Waals surface area contributed by atoms with Gasteiger partial charge < -0.3 is 5.73 Å². The summed E-state index contributed by atoms with van der Waals surface area (Å²) in [6, 6.07) is 7.60. The van der Waals surface area contributed by atoms with Crippen LogP contribution in [0, 0.1) is 11.3 Å². The summed E-state index contributed by atoms with van der Waals surface area (Å²) < 4.78 is 25.4. The molecule has 0 aliphatic carbocycles. The first kappa shape index (κ1) is 14.9. The number of nitriles is 1. The summed E-state index contributed by atoms with van der Waals surface area (Å²) in [5, 5.41) is 8.54. The molecule has 0 aromatic heterocycles. The van der Waals surface area contributed by atoms with Crippen molar-refractivity contribution in [2.45, 2.75) is 4.90 Å². The van der Waals surface area contributed by atoms with Crippen molar-refractivity contribution in [2.75, 3.05) is 13.1 Å². The van der Waals surface area contributed by atoms with Crippen LogP contribution in [0.25, 0.3) is 0 Å². The fraction of sp³-hybridized carbons (Fsp3) is 0.222. The highest BCUT2D eigenvalue weighted by molar-refractivity contribution is 7.89. The Labute approximate surface area is 101 Å². The molecule has 0 atom stereocenters. The van der Waals surface area contributed by atoms with Gasteiger partial charge in [-0.2, -0.15) is 5.26 Å². The Morgan fingerprint density at radius 2 is 1.88 bits per heavy atom. The Morgan fingerprint density at radius 3 is 2.31 bits per heavy atom. The van der Waals surface area contributed by atoms with Crippen LogP contribution in [-0.4, -0.2) is 21.5 Å². The second-order valence-corrected chi connectivity index (χ2v) is 4.59. The van der Waals surface area contributed by atoms with Crippen LogP contribution >= 0.6 is 12.4 Å². The van der Waals surface area contributed by atoms with Gasteiger partial charge in [-0.05, 0) is 24.3 Å². The number of nitrogens with two attached hydrogens (primary N) is 1. The van der Waals surface area contributed by atoms with Gasteiger partial charge in [-0.3, -0.25) is 0 Å². The predicted molar refractivity (Wildman–Crippen MR) is 62.6 cm³/mol. The third-order valence-corrected chi connectivity index (χ3v) is 3.21.